The number of fused-ring (bicyclic) bond motifs is 2. The zero-order valence-electron chi connectivity index (χ0n) is 16.7. The number of piperidine rings is 1. The molecule has 4 aromatic rings. The van der Waals surface area contributed by atoms with E-state index in [0.29, 0.717) is 16.7 Å². The molecule has 0 atom stereocenters. The maximum Gasteiger partial charge on any atom is 0.275 e. The summed E-state index contributed by atoms with van der Waals surface area (Å²) in [6.45, 7) is 4.06. The molecule has 4 heterocycles. The smallest absolute Gasteiger partial charge is 0.275 e. The van der Waals surface area contributed by atoms with E-state index in [0.717, 1.165) is 53.1 Å². The van der Waals surface area contributed by atoms with Crippen LogP contribution in [0, 0.1) is 6.92 Å². The average molecular weight is 410 g/mol. The molecule has 1 aliphatic heterocycles. The van der Waals surface area contributed by atoms with Gasteiger partial charge in [-0.2, -0.15) is 9.61 Å². The molecule has 1 aliphatic rings. The summed E-state index contributed by atoms with van der Waals surface area (Å²) < 4.78 is 3.22. The fraction of sp³-hybridized carbons (Fsp3) is 0.400. The highest BCUT2D eigenvalue weighted by Gasteiger charge is 2.22. The van der Waals surface area contributed by atoms with Crippen LogP contribution in [0.2, 0.25) is 0 Å². The quantitative estimate of drug-likeness (QED) is 0.559. The third kappa shape index (κ3) is 3.20. The molecule has 1 saturated heterocycles. The van der Waals surface area contributed by atoms with E-state index in [1.807, 2.05) is 32.3 Å². The number of rotatable bonds is 3. The van der Waals surface area contributed by atoms with Crippen LogP contribution in [0.5, 0.6) is 0 Å². The molecule has 0 bridgehead atoms. The summed E-state index contributed by atoms with van der Waals surface area (Å²) in [6, 6.07) is 6.08. The predicted octanol–water partition coefficient (Wildman–Crippen LogP) is 2.20. The van der Waals surface area contributed by atoms with Gasteiger partial charge >= 0.3 is 0 Å². The Balaban J connectivity index is 1.57. The number of aryl methyl sites for hydroxylation is 2. The van der Waals surface area contributed by atoms with Gasteiger partial charge in [0.1, 0.15) is 0 Å². The lowest BCUT2D eigenvalue weighted by molar-refractivity contribution is 0.442. The maximum absolute atomic E-state index is 12.8. The second-order valence-corrected chi connectivity index (χ2v) is 8.62. The lowest BCUT2D eigenvalue weighted by atomic mass is 10.1. The minimum atomic E-state index is -0.157. The zero-order valence-corrected chi connectivity index (χ0v) is 17.5. The molecule has 0 aliphatic carbocycles. The van der Waals surface area contributed by atoms with Crippen LogP contribution < -0.4 is 15.8 Å². The molecule has 0 unspecified atom stereocenters. The Bertz CT molecular complexity index is 1270. The second kappa shape index (κ2) is 6.93. The van der Waals surface area contributed by atoms with Gasteiger partial charge in [0.15, 0.2) is 0 Å². The van der Waals surface area contributed by atoms with Gasteiger partial charge in [0.05, 0.1) is 11.2 Å². The van der Waals surface area contributed by atoms with Gasteiger partial charge in [0.25, 0.3) is 5.56 Å². The van der Waals surface area contributed by atoms with Crippen LogP contribution in [-0.4, -0.2) is 50.6 Å². The number of aromatic nitrogens is 5. The van der Waals surface area contributed by atoms with Crippen molar-refractivity contribution in [2.75, 3.05) is 25.0 Å². The van der Waals surface area contributed by atoms with Crippen molar-refractivity contribution in [1.82, 2.24) is 29.7 Å². The van der Waals surface area contributed by atoms with Crippen LogP contribution in [0.25, 0.3) is 27.1 Å². The van der Waals surface area contributed by atoms with E-state index in [2.05, 4.69) is 27.5 Å². The van der Waals surface area contributed by atoms with Gasteiger partial charge in [-0.05, 0) is 50.6 Å². The molecule has 0 saturated carbocycles. The van der Waals surface area contributed by atoms with Crippen LogP contribution >= 0.6 is 11.3 Å². The highest BCUT2D eigenvalue weighted by Crippen LogP contribution is 2.28. The molecule has 0 spiro atoms. The summed E-state index contributed by atoms with van der Waals surface area (Å²) in [6.07, 6.45) is 4.13. The minimum Gasteiger partial charge on any atom is -0.347 e. The summed E-state index contributed by atoms with van der Waals surface area (Å²) >= 11 is 1.46. The van der Waals surface area contributed by atoms with Crippen LogP contribution in [0.1, 0.15) is 18.4 Å². The molecule has 3 aromatic heterocycles. The van der Waals surface area contributed by atoms with Gasteiger partial charge in [-0.3, -0.25) is 9.48 Å². The van der Waals surface area contributed by atoms with Gasteiger partial charge in [0.2, 0.25) is 10.1 Å². The molecular formula is C20H23N7OS. The first-order chi connectivity index (χ1) is 14.0. The molecule has 5 rings (SSSR count). The SMILES string of the molecule is Cc1cc(-c2cc(=O)n3nc(N(C)C4CCNCC4)sc3n2)cc2cn(C)nc12. The summed E-state index contributed by atoms with van der Waals surface area (Å²) in [5, 5.41) is 14.3. The zero-order chi connectivity index (χ0) is 20.1. The molecule has 29 heavy (non-hydrogen) atoms. The fourth-order valence-electron chi connectivity index (χ4n) is 4.02. The number of nitrogens with zero attached hydrogens (tertiary/aromatic N) is 6. The first-order valence-electron chi connectivity index (χ1n) is 9.78. The van der Waals surface area contributed by atoms with Gasteiger partial charge in [-0.25, -0.2) is 4.98 Å². The van der Waals surface area contributed by atoms with Crippen LogP contribution in [0.15, 0.2) is 29.2 Å². The monoisotopic (exact) mass is 409 g/mol. The minimum absolute atomic E-state index is 0.157. The van der Waals surface area contributed by atoms with Crippen molar-refractivity contribution in [1.29, 1.82) is 0 Å². The van der Waals surface area contributed by atoms with Crippen molar-refractivity contribution in [2.45, 2.75) is 25.8 Å². The van der Waals surface area contributed by atoms with Crippen molar-refractivity contribution < 1.29 is 0 Å². The van der Waals surface area contributed by atoms with Crippen molar-refractivity contribution in [2.24, 2.45) is 7.05 Å². The molecule has 150 valence electrons. The number of benzene rings is 1. The third-order valence-corrected chi connectivity index (χ3v) is 6.60. The molecule has 0 radical (unpaired) electrons. The lowest BCUT2D eigenvalue weighted by Gasteiger charge is -2.30. The lowest BCUT2D eigenvalue weighted by Crippen LogP contribution is -2.41. The molecule has 0 amide bonds. The van der Waals surface area contributed by atoms with Crippen molar-refractivity contribution in [3.63, 3.8) is 0 Å². The molecule has 9 heteroatoms. The second-order valence-electron chi connectivity index (χ2n) is 7.68. The first-order valence-corrected chi connectivity index (χ1v) is 10.6. The molecule has 1 fully saturated rings. The molecule has 8 nitrogen and oxygen atoms in total. The Morgan fingerprint density at radius 1 is 1.21 bits per heavy atom. The Labute approximate surface area is 171 Å². The van der Waals surface area contributed by atoms with Gasteiger partial charge in [0, 0.05) is 43.4 Å². The molecule has 1 aromatic carbocycles. The predicted molar refractivity (Wildman–Crippen MR) is 116 cm³/mol. The maximum atomic E-state index is 12.8. The highest BCUT2D eigenvalue weighted by molar-refractivity contribution is 7.20. The molecule has 1 N–H and O–H groups in total. The third-order valence-electron chi connectivity index (χ3n) is 5.60. The number of hydrogen-bond acceptors (Lipinski definition) is 7. The van der Waals surface area contributed by atoms with Gasteiger partial charge < -0.3 is 10.2 Å². The Kier molecular flexibility index (Phi) is 4.36. The van der Waals surface area contributed by atoms with Crippen LogP contribution in [-0.2, 0) is 7.05 Å². The van der Waals surface area contributed by atoms with E-state index in [4.69, 9.17) is 4.98 Å². The van der Waals surface area contributed by atoms with E-state index in [-0.39, 0.29) is 5.56 Å². The Morgan fingerprint density at radius 2 is 2.00 bits per heavy atom. The summed E-state index contributed by atoms with van der Waals surface area (Å²) in [5.41, 5.74) is 3.47. The number of hydrogen-bond donors (Lipinski definition) is 1. The van der Waals surface area contributed by atoms with E-state index in [9.17, 15) is 4.79 Å². The van der Waals surface area contributed by atoms with Crippen molar-refractivity contribution in [3.8, 4) is 11.3 Å². The van der Waals surface area contributed by atoms with Crippen molar-refractivity contribution >= 4 is 32.3 Å². The van der Waals surface area contributed by atoms with Crippen LogP contribution in [0.3, 0.4) is 0 Å². The summed E-state index contributed by atoms with van der Waals surface area (Å²) in [5.74, 6) is 0. The van der Waals surface area contributed by atoms with E-state index >= 15 is 0 Å². The van der Waals surface area contributed by atoms with E-state index < -0.39 is 0 Å². The largest absolute Gasteiger partial charge is 0.347 e. The average Bonchev–Trinajstić information content (AvgIpc) is 3.31. The normalized spacial score (nSPS) is 15.4. The van der Waals surface area contributed by atoms with Crippen molar-refractivity contribution in [3.05, 3.63) is 40.3 Å². The number of anilines is 1. The Hall–Kier alpha value is -2.78. The first kappa shape index (κ1) is 18.3. The fourth-order valence-corrected chi connectivity index (χ4v) is 4.96. The van der Waals surface area contributed by atoms with Gasteiger partial charge in [-0.1, -0.05) is 11.3 Å². The molecular weight excluding hydrogens is 386 g/mol. The van der Waals surface area contributed by atoms with Gasteiger partial charge in [-0.15, -0.1) is 5.10 Å². The summed E-state index contributed by atoms with van der Waals surface area (Å²) in [7, 11) is 3.97. The topological polar surface area (TPSA) is 80.4 Å². The van der Waals surface area contributed by atoms with Crippen LogP contribution in [0.4, 0.5) is 5.13 Å². The Morgan fingerprint density at radius 3 is 2.79 bits per heavy atom. The van der Waals surface area contributed by atoms with E-state index in [1.54, 1.807) is 10.7 Å². The highest BCUT2D eigenvalue weighted by atomic mass is 32.1. The summed E-state index contributed by atoms with van der Waals surface area (Å²) in [4.78, 5) is 20.3. The van der Waals surface area contributed by atoms with E-state index in [1.165, 1.54) is 15.9 Å². The standard InChI is InChI=1S/C20H23N7OS/c1-12-8-13(9-14-11-25(2)23-18(12)14)16-10-17(28)27-19(22-16)29-20(24-27)26(3)15-4-6-21-7-5-15/h8-11,15,21H,4-7H2,1-3H3. The number of nitrogens with one attached hydrogen (secondary N) is 1.